The zero-order chi connectivity index (χ0) is 17.8. The summed E-state index contributed by atoms with van der Waals surface area (Å²) in [5.41, 5.74) is 1.07. The fraction of sp³-hybridized carbons (Fsp3) is 0.579. The van der Waals surface area contributed by atoms with Gasteiger partial charge in [0.15, 0.2) is 0 Å². The van der Waals surface area contributed by atoms with E-state index in [4.69, 9.17) is 0 Å². The maximum absolute atomic E-state index is 12.7. The molecule has 6 heteroatoms. The Morgan fingerprint density at radius 3 is 2.60 bits per heavy atom. The summed E-state index contributed by atoms with van der Waals surface area (Å²) in [4.78, 5) is 29.0. The number of hydrogen-bond donors (Lipinski definition) is 1. The number of nitrogens with one attached hydrogen (secondary N) is 1. The van der Waals surface area contributed by atoms with Crippen molar-refractivity contribution in [3.63, 3.8) is 0 Å². The summed E-state index contributed by atoms with van der Waals surface area (Å²) >= 11 is 3.47. The van der Waals surface area contributed by atoms with Gasteiger partial charge in [-0.1, -0.05) is 28.1 Å². The summed E-state index contributed by atoms with van der Waals surface area (Å²) in [6.45, 7) is 5.00. The van der Waals surface area contributed by atoms with Crippen LogP contribution >= 0.6 is 15.9 Å². The van der Waals surface area contributed by atoms with Crippen molar-refractivity contribution in [1.29, 1.82) is 0 Å². The highest BCUT2D eigenvalue weighted by Crippen LogP contribution is 2.22. The molecule has 2 atom stereocenters. The minimum absolute atomic E-state index is 0.0466. The Morgan fingerprint density at radius 1 is 1.16 bits per heavy atom. The van der Waals surface area contributed by atoms with Crippen LogP contribution in [0.15, 0.2) is 28.7 Å². The van der Waals surface area contributed by atoms with Crippen molar-refractivity contribution < 1.29 is 9.59 Å². The summed E-state index contributed by atoms with van der Waals surface area (Å²) in [6, 6.07) is 8.04. The smallest absolute Gasteiger partial charge is 0.320 e. The Bertz CT molecular complexity index is 631. The first kappa shape index (κ1) is 18.2. The molecule has 2 aliphatic heterocycles. The molecule has 0 bridgehead atoms. The number of urea groups is 1. The molecule has 25 heavy (non-hydrogen) atoms. The predicted octanol–water partition coefficient (Wildman–Crippen LogP) is 3.55. The first-order valence-corrected chi connectivity index (χ1v) is 9.93. The number of likely N-dealkylation sites (tertiary alicyclic amines) is 2. The van der Waals surface area contributed by atoms with Gasteiger partial charge < -0.3 is 15.1 Å². The van der Waals surface area contributed by atoms with Crippen LogP contribution in [0.3, 0.4) is 0 Å². The minimum atomic E-state index is -0.116. The zero-order valence-corrected chi connectivity index (χ0v) is 16.3. The highest BCUT2D eigenvalue weighted by molar-refractivity contribution is 9.10. The molecule has 0 aromatic heterocycles. The summed E-state index contributed by atoms with van der Waals surface area (Å²) in [6.07, 6.45) is 3.92. The topological polar surface area (TPSA) is 52.7 Å². The number of rotatable bonds is 3. The lowest BCUT2D eigenvalue weighted by atomic mass is 9.96. The van der Waals surface area contributed by atoms with Crippen LogP contribution in [0.2, 0.25) is 0 Å². The van der Waals surface area contributed by atoms with Gasteiger partial charge in [-0.25, -0.2) is 4.79 Å². The first-order valence-electron chi connectivity index (χ1n) is 9.14. The van der Waals surface area contributed by atoms with Gasteiger partial charge in [0.05, 0.1) is 12.0 Å². The highest BCUT2D eigenvalue weighted by atomic mass is 79.9. The maximum atomic E-state index is 12.7. The van der Waals surface area contributed by atoms with Crippen LogP contribution in [-0.2, 0) is 4.79 Å². The Balaban J connectivity index is 1.57. The average Bonchev–Trinajstić information content (AvgIpc) is 3.15. The van der Waals surface area contributed by atoms with E-state index in [9.17, 15) is 9.59 Å². The van der Waals surface area contributed by atoms with Gasteiger partial charge in [-0.05, 0) is 50.3 Å². The standard InChI is InChI=1S/C19H26BrN3O2/c1-14(15-6-4-8-17(20)12-15)21-18(24)16-7-5-11-23(13-16)19(25)22-9-2-3-10-22/h4,6,8,12,14,16H,2-3,5,7,9-11,13H2,1H3,(H,21,24)/t14-,16-/m0/s1. The molecule has 0 radical (unpaired) electrons. The van der Waals surface area contributed by atoms with E-state index in [1.54, 1.807) is 0 Å². The molecule has 0 saturated carbocycles. The third kappa shape index (κ3) is 4.54. The van der Waals surface area contributed by atoms with Gasteiger partial charge in [0.1, 0.15) is 0 Å². The van der Waals surface area contributed by atoms with Gasteiger partial charge in [0, 0.05) is 30.7 Å². The van der Waals surface area contributed by atoms with Crippen LogP contribution in [0.4, 0.5) is 4.79 Å². The van der Waals surface area contributed by atoms with Gasteiger partial charge in [-0.15, -0.1) is 0 Å². The van der Waals surface area contributed by atoms with E-state index < -0.39 is 0 Å². The molecular weight excluding hydrogens is 382 g/mol. The third-order valence-electron chi connectivity index (χ3n) is 5.15. The summed E-state index contributed by atoms with van der Waals surface area (Å²) in [5, 5.41) is 3.11. The van der Waals surface area contributed by atoms with E-state index in [2.05, 4.69) is 21.2 Å². The quantitative estimate of drug-likeness (QED) is 0.832. The van der Waals surface area contributed by atoms with E-state index in [1.807, 2.05) is 41.0 Å². The third-order valence-corrected chi connectivity index (χ3v) is 5.64. The van der Waals surface area contributed by atoms with Crippen molar-refractivity contribution in [2.45, 2.75) is 38.6 Å². The van der Waals surface area contributed by atoms with Gasteiger partial charge in [-0.3, -0.25) is 4.79 Å². The lowest BCUT2D eigenvalue weighted by molar-refractivity contribution is -0.127. The average molecular weight is 408 g/mol. The fourth-order valence-corrected chi connectivity index (χ4v) is 4.08. The number of nitrogens with zero attached hydrogens (tertiary/aromatic N) is 2. The number of hydrogen-bond acceptors (Lipinski definition) is 2. The second-order valence-corrected chi connectivity index (χ2v) is 7.96. The molecule has 3 rings (SSSR count). The second kappa shape index (κ2) is 8.21. The molecule has 2 saturated heterocycles. The Morgan fingerprint density at radius 2 is 1.88 bits per heavy atom. The van der Waals surface area contributed by atoms with E-state index in [1.165, 1.54) is 0 Å². The summed E-state index contributed by atoms with van der Waals surface area (Å²) in [7, 11) is 0. The van der Waals surface area contributed by atoms with Crippen LogP contribution in [-0.4, -0.2) is 47.9 Å². The van der Waals surface area contributed by atoms with Gasteiger partial charge in [-0.2, -0.15) is 0 Å². The van der Waals surface area contributed by atoms with Crippen LogP contribution in [0.25, 0.3) is 0 Å². The Kier molecular flexibility index (Phi) is 5.99. The van der Waals surface area contributed by atoms with E-state index >= 15 is 0 Å². The number of carbonyl (C=O) groups is 2. The molecular formula is C19H26BrN3O2. The molecule has 3 amide bonds. The molecule has 0 unspecified atom stereocenters. The van der Waals surface area contributed by atoms with Gasteiger partial charge in [0.25, 0.3) is 0 Å². The number of piperidine rings is 1. The van der Waals surface area contributed by atoms with E-state index in [0.29, 0.717) is 6.54 Å². The molecule has 1 N–H and O–H groups in total. The van der Waals surface area contributed by atoms with E-state index in [0.717, 1.165) is 55.4 Å². The van der Waals surface area contributed by atoms with Crippen LogP contribution < -0.4 is 5.32 Å². The van der Waals surface area contributed by atoms with Gasteiger partial charge >= 0.3 is 6.03 Å². The summed E-state index contributed by atoms with van der Waals surface area (Å²) < 4.78 is 1.01. The minimum Gasteiger partial charge on any atom is -0.349 e. The highest BCUT2D eigenvalue weighted by Gasteiger charge is 2.31. The number of carbonyl (C=O) groups excluding carboxylic acids is 2. The largest absolute Gasteiger partial charge is 0.349 e. The first-order chi connectivity index (χ1) is 12.0. The maximum Gasteiger partial charge on any atom is 0.320 e. The summed E-state index contributed by atoms with van der Waals surface area (Å²) in [5.74, 6) is -0.0682. The van der Waals surface area contributed by atoms with Crippen molar-refractivity contribution in [2.75, 3.05) is 26.2 Å². The molecule has 136 valence electrons. The zero-order valence-electron chi connectivity index (χ0n) is 14.7. The van der Waals surface area contributed by atoms with Gasteiger partial charge in [0.2, 0.25) is 5.91 Å². The normalized spacial score (nSPS) is 21.9. The van der Waals surface area contributed by atoms with Crippen LogP contribution in [0, 0.1) is 5.92 Å². The lowest BCUT2D eigenvalue weighted by Crippen LogP contribution is -2.49. The lowest BCUT2D eigenvalue weighted by Gasteiger charge is -2.35. The van der Waals surface area contributed by atoms with E-state index in [-0.39, 0.29) is 23.9 Å². The molecule has 2 aliphatic rings. The SMILES string of the molecule is C[C@H](NC(=O)[C@H]1CCCN(C(=O)N2CCCC2)C1)c1cccc(Br)c1. The molecule has 0 aliphatic carbocycles. The molecule has 2 fully saturated rings. The monoisotopic (exact) mass is 407 g/mol. The Labute approximate surface area is 157 Å². The number of benzene rings is 1. The molecule has 1 aromatic rings. The van der Waals surface area contributed by atoms with Crippen LogP contribution in [0.5, 0.6) is 0 Å². The number of halogens is 1. The Hall–Kier alpha value is -1.56. The van der Waals surface area contributed by atoms with Crippen molar-refractivity contribution in [1.82, 2.24) is 15.1 Å². The van der Waals surface area contributed by atoms with Crippen molar-refractivity contribution in [3.8, 4) is 0 Å². The van der Waals surface area contributed by atoms with Crippen molar-refractivity contribution in [2.24, 2.45) is 5.92 Å². The molecule has 1 aromatic carbocycles. The van der Waals surface area contributed by atoms with Crippen LogP contribution in [0.1, 0.15) is 44.2 Å². The van der Waals surface area contributed by atoms with Crippen molar-refractivity contribution >= 4 is 27.9 Å². The molecule has 5 nitrogen and oxygen atoms in total. The second-order valence-electron chi connectivity index (χ2n) is 7.05. The number of amides is 3. The predicted molar refractivity (Wildman–Crippen MR) is 101 cm³/mol. The molecule has 0 spiro atoms. The fourth-order valence-electron chi connectivity index (χ4n) is 3.66. The van der Waals surface area contributed by atoms with Crippen molar-refractivity contribution in [3.05, 3.63) is 34.3 Å². The molecule has 2 heterocycles.